The van der Waals surface area contributed by atoms with Crippen LogP contribution in [0.4, 0.5) is 4.39 Å². The Kier molecular flexibility index (Phi) is 11.2. The molecule has 0 atom stereocenters. The van der Waals surface area contributed by atoms with Crippen LogP contribution in [0.2, 0.25) is 0 Å². The van der Waals surface area contributed by atoms with Crippen molar-refractivity contribution in [3.8, 4) is 0 Å². The van der Waals surface area contributed by atoms with E-state index in [-0.39, 0.29) is 5.82 Å². The Morgan fingerprint density at radius 3 is 2.06 bits per heavy atom. The predicted octanol–water partition coefficient (Wildman–Crippen LogP) is 10.0. The Labute approximate surface area is 197 Å². The van der Waals surface area contributed by atoms with Crippen molar-refractivity contribution in [1.29, 1.82) is 0 Å². The first-order chi connectivity index (χ1) is 15.0. The summed E-state index contributed by atoms with van der Waals surface area (Å²) in [6.07, 6.45) is 4.66. The number of benzene rings is 3. The molecule has 0 fully saturated rings. The molecule has 166 valence electrons. The van der Waals surface area contributed by atoms with E-state index in [0.717, 1.165) is 11.3 Å². The van der Waals surface area contributed by atoms with Crippen LogP contribution < -0.4 is 0 Å². The molecule has 0 N–H and O–H groups in total. The summed E-state index contributed by atoms with van der Waals surface area (Å²) in [6.45, 7) is 10.9. The highest BCUT2D eigenvalue weighted by molar-refractivity contribution is 8.02. The van der Waals surface area contributed by atoms with Crippen molar-refractivity contribution in [1.82, 2.24) is 0 Å². The first-order valence-corrected chi connectivity index (χ1v) is 12.9. The lowest BCUT2D eigenvalue weighted by atomic mass is 10.0. The number of halogens is 1. The third kappa shape index (κ3) is 8.38. The molecule has 0 aliphatic rings. The van der Waals surface area contributed by atoms with Crippen LogP contribution in [0, 0.1) is 5.82 Å². The molecule has 0 bridgehead atoms. The minimum atomic E-state index is -0.163. The van der Waals surface area contributed by atoms with E-state index in [9.17, 15) is 4.39 Å². The van der Waals surface area contributed by atoms with Gasteiger partial charge in [0.25, 0.3) is 0 Å². The highest BCUT2D eigenvalue weighted by Gasteiger charge is 2.11. The molecule has 0 heterocycles. The maximum atomic E-state index is 14.2. The molecule has 0 nitrogen and oxygen atoms in total. The van der Waals surface area contributed by atoms with Crippen LogP contribution in [-0.4, -0.2) is 0 Å². The fourth-order valence-electron chi connectivity index (χ4n) is 2.95. The predicted molar refractivity (Wildman–Crippen MR) is 136 cm³/mol. The van der Waals surface area contributed by atoms with Crippen LogP contribution in [0.5, 0.6) is 0 Å². The summed E-state index contributed by atoms with van der Waals surface area (Å²) in [5.41, 5.74) is 2.67. The second-order valence-corrected chi connectivity index (χ2v) is 10.1. The fraction of sp³-hybridized carbons (Fsp3) is 0.357. The van der Waals surface area contributed by atoms with Crippen molar-refractivity contribution in [3.05, 3.63) is 83.7 Å². The molecule has 31 heavy (non-hydrogen) atoms. The van der Waals surface area contributed by atoms with E-state index in [1.54, 1.807) is 17.8 Å². The van der Waals surface area contributed by atoms with E-state index in [4.69, 9.17) is 0 Å². The van der Waals surface area contributed by atoms with Crippen LogP contribution in [0.1, 0.15) is 70.9 Å². The Balaban J connectivity index is 0.00000107. The van der Waals surface area contributed by atoms with Gasteiger partial charge < -0.3 is 0 Å². The minimum absolute atomic E-state index is 0.163. The van der Waals surface area contributed by atoms with Crippen LogP contribution in [-0.2, 0) is 6.42 Å². The smallest absolute Gasteiger partial charge is 0.137 e. The standard InChI is InChI=1S/C25H27FS2.C3H8/c1-4-5-8-19-11-16-24(27-21-14-12-20(13-15-21)18(2)3)25(17-19)28-23-10-7-6-9-22(23)26;1-3-2/h6-7,9-18H,4-5,8H2,1-3H3;3H2,1-2H3. The Morgan fingerprint density at radius 1 is 0.774 bits per heavy atom. The third-order valence-corrected chi connectivity index (χ3v) is 6.98. The molecule has 3 rings (SSSR count). The van der Waals surface area contributed by atoms with E-state index in [0.29, 0.717) is 10.8 Å². The van der Waals surface area contributed by atoms with Crippen LogP contribution in [0.15, 0.2) is 86.3 Å². The van der Waals surface area contributed by atoms with Crippen molar-refractivity contribution in [2.24, 2.45) is 0 Å². The van der Waals surface area contributed by atoms with Gasteiger partial charge in [0.1, 0.15) is 5.82 Å². The topological polar surface area (TPSA) is 0 Å². The number of hydrogen-bond acceptors (Lipinski definition) is 2. The first kappa shape index (κ1) is 25.5. The molecule has 3 heteroatoms. The van der Waals surface area contributed by atoms with Crippen molar-refractivity contribution in [2.75, 3.05) is 0 Å². The summed E-state index contributed by atoms with van der Waals surface area (Å²) in [7, 11) is 0. The zero-order valence-electron chi connectivity index (χ0n) is 19.5. The van der Waals surface area contributed by atoms with Crippen LogP contribution in [0.25, 0.3) is 0 Å². The van der Waals surface area contributed by atoms with Gasteiger partial charge in [0, 0.05) is 19.6 Å². The lowest BCUT2D eigenvalue weighted by Crippen LogP contribution is -1.89. The minimum Gasteiger partial charge on any atom is -0.206 e. The fourth-order valence-corrected chi connectivity index (χ4v) is 4.95. The van der Waals surface area contributed by atoms with Gasteiger partial charge in [-0.1, -0.05) is 101 Å². The molecule has 0 aliphatic carbocycles. The van der Waals surface area contributed by atoms with Crippen LogP contribution in [0.3, 0.4) is 0 Å². The van der Waals surface area contributed by atoms with E-state index in [2.05, 4.69) is 77.1 Å². The van der Waals surface area contributed by atoms with Crippen LogP contribution >= 0.6 is 23.5 Å². The van der Waals surface area contributed by atoms with Gasteiger partial charge in [-0.15, -0.1) is 0 Å². The number of aryl methyl sites for hydroxylation is 1. The van der Waals surface area contributed by atoms with E-state index in [1.165, 1.54) is 58.0 Å². The number of rotatable bonds is 8. The molecule has 0 unspecified atom stereocenters. The second-order valence-electron chi connectivity index (χ2n) is 7.95. The van der Waals surface area contributed by atoms with Gasteiger partial charge in [-0.3, -0.25) is 0 Å². The summed E-state index contributed by atoms with van der Waals surface area (Å²) in [6, 6.07) is 22.4. The monoisotopic (exact) mass is 454 g/mol. The summed E-state index contributed by atoms with van der Waals surface area (Å²) in [5.74, 6) is 0.368. The van der Waals surface area contributed by atoms with E-state index in [1.807, 2.05) is 12.1 Å². The Morgan fingerprint density at radius 2 is 1.45 bits per heavy atom. The lowest BCUT2D eigenvalue weighted by molar-refractivity contribution is 0.602. The Hall–Kier alpha value is -1.71. The van der Waals surface area contributed by atoms with Gasteiger partial charge >= 0.3 is 0 Å². The number of hydrogen-bond donors (Lipinski definition) is 0. The third-order valence-electron chi connectivity index (χ3n) is 4.66. The quantitative estimate of drug-likeness (QED) is 0.332. The zero-order chi connectivity index (χ0) is 22.6. The van der Waals surface area contributed by atoms with Crippen molar-refractivity contribution >= 4 is 23.5 Å². The average Bonchev–Trinajstić information content (AvgIpc) is 2.76. The molecule has 3 aromatic rings. The SMILES string of the molecule is CCC.CCCCc1ccc(Sc2ccc(C(C)C)cc2)c(Sc2ccccc2F)c1. The van der Waals surface area contributed by atoms with E-state index < -0.39 is 0 Å². The van der Waals surface area contributed by atoms with Gasteiger partial charge in [0.2, 0.25) is 0 Å². The molecule has 0 saturated carbocycles. The maximum Gasteiger partial charge on any atom is 0.137 e. The summed E-state index contributed by atoms with van der Waals surface area (Å²) in [4.78, 5) is 4.18. The molecular weight excluding hydrogens is 419 g/mol. The molecule has 0 saturated heterocycles. The second kappa shape index (κ2) is 13.6. The molecular formula is C28H35FS2. The largest absolute Gasteiger partial charge is 0.206 e. The summed E-state index contributed by atoms with van der Waals surface area (Å²) in [5, 5.41) is 0. The zero-order valence-corrected chi connectivity index (χ0v) is 21.1. The maximum absolute atomic E-state index is 14.2. The summed E-state index contributed by atoms with van der Waals surface area (Å²) < 4.78 is 14.2. The molecule has 3 aromatic carbocycles. The van der Waals surface area contributed by atoms with Gasteiger partial charge in [-0.2, -0.15) is 0 Å². The normalized spacial score (nSPS) is 10.7. The summed E-state index contributed by atoms with van der Waals surface area (Å²) >= 11 is 3.27. The van der Waals surface area contributed by atoms with Gasteiger partial charge in [0.05, 0.1) is 0 Å². The highest BCUT2D eigenvalue weighted by Crippen LogP contribution is 2.40. The molecule has 0 amide bonds. The van der Waals surface area contributed by atoms with Crippen molar-refractivity contribution < 1.29 is 4.39 Å². The van der Waals surface area contributed by atoms with Gasteiger partial charge in [0.15, 0.2) is 0 Å². The number of unbranched alkanes of at least 4 members (excludes halogenated alkanes) is 1. The molecule has 0 aliphatic heterocycles. The van der Waals surface area contributed by atoms with E-state index >= 15 is 0 Å². The average molecular weight is 455 g/mol. The van der Waals surface area contributed by atoms with Crippen molar-refractivity contribution in [2.45, 2.75) is 85.8 Å². The molecule has 0 radical (unpaired) electrons. The highest BCUT2D eigenvalue weighted by atomic mass is 32.2. The molecule has 0 aromatic heterocycles. The van der Waals surface area contributed by atoms with Gasteiger partial charge in [-0.05, 0) is 66.3 Å². The van der Waals surface area contributed by atoms with Gasteiger partial charge in [-0.25, -0.2) is 4.39 Å². The molecule has 0 spiro atoms. The first-order valence-electron chi connectivity index (χ1n) is 11.3. The van der Waals surface area contributed by atoms with Crippen molar-refractivity contribution in [3.63, 3.8) is 0 Å². The lowest BCUT2D eigenvalue weighted by Gasteiger charge is -2.13. The Bertz CT molecular complexity index is 917.